The summed E-state index contributed by atoms with van der Waals surface area (Å²) in [4.78, 5) is 12.0. The van der Waals surface area contributed by atoms with Gasteiger partial charge in [-0.05, 0) is 56.5 Å². The Labute approximate surface area is 132 Å². The van der Waals surface area contributed by atoms with E-state index in [1.807, 2.05) is 63.2 Å². The molecular formula is C19H23NO2. The summed E-state index contributed by atoms with van der Waals surface area (Å²) in [6.07, 6.45) is 1.16. The Bertz CT molecular complexity index is 632. The first-order valence-corrected chi connectivity index (χ1v) is 7.62. The van der Waals surface area contributed by atoms with Gasteiger partial charge in [0.1, 0.15) is 5.75 Å². The normalized spacial score (nSPS) is 10.3. The van der Waals surface area contributed by atoms with Crippen LogP contribution in [0.1, 0.15) is 29.5 Å². The fourth-order valence-electron chi connectivity index (χ4n) is 2.16. The predicted molar refractivity (Wildman–Crippen MR) is 90.5 cm³/mol. The molecule has 2 aromatic carbocycles. The van der Waals surface area contributed by atoms with Crippen molar-refractivity contribution in [2.24, 2.45) is 0 Å². The van der Waals surface area contributed by atoms with Crippen LogP contribution in [0.5, 0.6) is 5.75 Å². The first-order chi connectivity index (χ1) is 10.6. The van der Waals surface area contributed by atoms with Crippen LogP contribution >= 0.6 is 0 Å². The standard InChI is InChI=1S/C19H23NO2/c1-14-9-11-17(12-10-14)22-13-5-8-19(21)20-18-7-4-6-15(2)16(18)3/h4,6-7,9-12H,5,8,13H2,1-3H3,(H,20,21). The molecule has 3 heteroatoms. The number of aryl methyl sites for hydroxylation is 2. The maximum Gasteiger partial charge on any atom is 0.224 e. The monoisotopic (exact) mass is 297 g/mol. The number of ether oxygens (including phenoxy) is 1. The largest absolute Gasteiger partial charge is 0.494 e. The topological polar surface area (TPSA) is 38.3 Å². The maximum atomic E-state index is 12.0. The zero-order valence-corrected chi connectivity index (χ0v) is 13.5. The van der Waals surface area contributed by atoms with Crippen LogP contribution in [0, 0.1) is 20.8 Å². The Morgan fingerprint density at radius 1 is 1.05 bits per heavy atom. The van der Waals surface area contributed by atoms with Crippen molar-refractivity contribution in [2.45, 2.75) is 33.6 Å². The van der Waals surface area contributed by atoms with Crippen molar-refractivity contribution in [1.29, 1.82) is 0 Å². The van der Waals surface area contributed by atoms with Crippen molar-refractivity contribution < 1.29 is 9.53 Å². The number of carbonyl (C=O) groups is 1. The third-order valence-corrected chi connectivity index (χ3v) is 3.72. The highest BCUT2D eigenvalue weighted by atomic mass is 16.5. The second-order valence-corrected chi connectivity index (χ2v) is 5.56. The molecule has 22 heavy (non-hydrogen) atoms. The lowest BCUT2D eigenvalue weighted by Gasteiger charge is -2.10. The summed E-state index contributed by atoms with van der Waals surface area (Å²) >= 11 is 0. The zero-order valence-electron chi connectivity index (χ0n) is 13.5. The molecular weight excluding hydrogens is 274 g/mol. The average Bonchev–Trinajstić information content (AvgIpc) is 2.50. The van der Waals surface area contributed by atoms with Gasteiger partial charge in [0.15, 0.2) is 0 Å². The van der Waals surface area contributed by atoms with E-state index in [1.54, 1.807) is 0 Å². The van der Waals surface area contributed by atoms with Gasteiger partial charge < -0.3 is 10.1 Å². The molecule has 116 valence electrons. The lowest BCUT2D eigenvalue weighted by atomic mass is 10.1. The Balaban J connectivity index is 1.74. The highest BCUT2D eigenvalue weighted by Gasteiger charge is 2.06. The maximum absolute atomic E-state index is 12.0. The van der Waals surface area contributed by atoms with E-state index in [0.717, 1.165) is 17.0 Å². The molecule has 0 heterocycles. The smallest absolute Gasteiger partial charge is 0.224 e. The summed E-state index contributed by atoms with van der Waals surface area (Å²) < 4.78 is 5.62. The van der Waals surface area contributed by atoms with Crippen LogP contribution < -0.4 is 10.1 Å². The number of hydrogen-bond acceptors (Lipinski definition) is 2. The second-order valence-electron chi connectivity index (χ2n) is 5.56. The van der Waals surface area contributed by atoms with Gasteiger partial charge in [-0.1, -0.05) is 29.8 Å². The van der Waals surface area contributed by atoms with Crippen LogP contribution in [-0.4, -0.2) is 12.5 Å². The molecule has 1 N–H and O–H groups in total. The minimum atomic E-state index is 0.0289. The van der Waals surface area contributed by atoms with Gasteiger partial charge in [0, 0.05) is 12.1 Å². The van der Waals surface area contributed by atoms with Crippen molar-refractivity contribution in [2.75, 3.05) is 11.9 Å². The summed E-state index contributed by atoms with van der Waals surface area (Å²) in [5.41, 5.74) is 4.40. The number of nitrogens with one attached hydrogen (secondary N) is 1. The van der Waals surface area contributed by atoms with Crippen LogP contribution in [-0.2, 0) is 4.79 Å². The molecule has 0 aliphatic heterocycles. The number of amides is 1. The van der Waals surface area contributed by atoms with E-state index in [0.29, 0.717) is 19.4 Å². The molecule has 0 fully saturated rings. The highest BCUT2D eigenvalue weighted by Crippen LogP contribution is 2.18. The van der Waals surface area contributed by atoms with Crippen molar-refractivity contribution >= 4 is 11.6 Å². The summed E-state index contributed by atoms with van der Waals surface area (Å²) in [5.74, 6) is 0.877. The van der Waals surface area contributed by atoms with Gasteiger partial charge in [0.2, 0.25) is 5.91 Å². The van der Waals surface area contributed by atoms with Gasteiger partial charge in [-0.2, -0.15) is 0 Å². The van der Waals surface area contributed by atoms with Gasteiger partial charge in [0.25, 0.3) is 0 Å². The van der Waals surface area contributed by atoms with E-state index < -0.39 is 0 Å². The van der Waals surface area contributed by atoms with Gasteiger partial charge in [-0.25, -0.2) is 0 Å². The van der Waals surface area contributed by atoms with E-state index in [-0.39, 0.29) is 5.91 Å². The molecule has 0 unspecified atom stereocenters. The van der Waals surface area contributed by atoms with Crippen LogP contribution in [0.15, 0.2) is 42.5 Å². The highest BCUT2D eigenvalue weighted by molar-refractivity contribution is 5.91. The molecule has 0 atom stereocenters. The molecule has 0 aliphatic rings. The fraction of sp³-hybridized carbons (Fsp3) is 0.316. The first-order valence-electron chi connectivity index (χ1n) is 7.62. The van der Waals surface area contributed by atoms with E-state index >= 15 is 0 Å². The van der Waals surface area contributed by atoms with Crippen molar-refractivity contribution in [3.8, 4) is 5.75 Å². The first kappa shape index (κ1) is 16.1. The minimum Gasteiger partial charge on any atom is -0.494 e. The molecule has 0 saturated heterocycles. The third kappa shape index (κ3) is 4.62. The summed E-state index contributed by atoms with van der Waals surface area (Å²) in [6, 6.07) is 13.9. The molecule has 2 rings (SSSR count). The van der Waals surface area contributed by atoms with E-state index in [4.69, 9.17) is 4.74 Å². The Morgan fingerprint density at radius 2 is 1.77 bits per heavy atom. The minimum absolute atomic E-state index is 0.0289. The number of benzene rings is 2. The Kier molecular flexibility index (Phi) is 5.59. The Hall–Kier alpha value is -2.29. The van der Waals surface area contributed by atoms with Crippen molar-refractivity contribution in [3.05, 3.63) is 59.2 Å². The molecule has 1 amide bonds. The Morgan fingerprint density at radius 3 is 2.50 bits per heavy atom. The van der Waals surface area contributed by atoms with E-state index in [9.17, 15) is 4.79 Å². The zero-order chi connectivity index (χ0) is 15.9. The van der Waals surface area contributed by atoms with Crippen molar-refractivity contribution in [3.63, 3.8) is 0 Å². The predicted octanol–water partition coefficient (Wildman–Crippen LogP) is 4.41. The number of hydrogen-bond donors (Lipinski definition) is 1. The fourth-order valence-corrected chi connectivity index (χ4v) is 2.16. The number of anilines is 1. The molecule has 2 aromatic rings. The third-order valence-electron chi connectivity index (χ3n) is 3.72. The number of rotatable bonds is 6. The SMILES string of the molecule is Cc1ccc(OCCCC(=O)Nc2cccc(C)c2C)cc1. The van der Waals surface area contributed by atoms with Gasteiger partial charge in [-0.15, -0.1) is 0 Å². The van der Waals surface area contributed by atoms with Crippen LogP contribution in [0.4, 0.5) is 5.69 Å². The molecule has 0 aromatic heterocycles. The lowest BCUT2D eigenvalue weighted by Crippen LogP contribution is -2.13. The second kappa shape index (κ2) is 7.64. The summed E-state index contributed by atoms with van der Waals surface area (Å²) in [7, 11) is 0. The van der Waals surface area contributed by atoms with Crippen LogP contribution in [0.3, 0.4) is 0 Å². The average molecular weight is 297 g/mol. The van der Waals surface area contributed by atoms with Gasteiger partial charge >= 0.3 is 0 Å². The van der Waals surface area contributed by atoms with Crippen molar-refractivity contribution in [1.82, 2.24) is 0 Å². The molecule has 0 radical (unpaired) electrons. The molecule has 3 nitrogen and oxygen atoms in total. The number of carbonyl (C=O) groups excluding carboxylic acids is 1. The molecule has 0 bridgehead atoms. The quantitative estimate of drug-likeness (QED) is 0.802. The van der Waals surface area contributed by atoms with Gasteiger partial charge in [-0.3, -0.25) is 4.79 Å². The molecule has 0 saturated carbocycles. The van der Waals surface area contributed by atoms with Gasteiger partial charge in [0.05, 0.1) is 6.61 Å². The van der Waals surface area contributed by atoms with E-state index in [2.05, 4.69) is 5.32 Å². The summed E-state index contributed by atoms with van der Waals surface area (Å²) in [6.45, 7) is 6.65. The van der Waals surface area contributed by atoms with E-state index in [1.165, 1.54) is 11.1 Å². The summed E-state index contributed by atoms with van der Waals surface area (Å²) in [5, 5.41) is 2.96. The van der Waals surface area contributed by atoms with Crippen LogP contribution in [0.2, 0.25) is 0 Å². The lowest BCUT2D eigenvalue weighted by molar-refractivity contribution is -0.116. The molecule has 0 aliphatic carbocycles. The molecule has 0 spiro atoms. The van der Waals surface area contributed by atoms with Crippen LogP contribution in [0.25, 0.3) is 0 Å².